The molecule has 2 aromatic heterocycles. The standard InChI is InChI=1S/C23H20F2N6O3/c1-29-11-14-9-16(5-8-18(14)28-29)30-12-19-22(27-21(10-26-19)34-13-20(24)25)31(23(30)32)15-3-6-17(33-2)7-4-15/h3-11,20H,12-13H2,1-2H3. The summed E-state index contributed by atoms with van der Waals surface area (Å²) in [5, 5.41) is 5.26. The largest absolute Gasteiger partial charge is 0.497 e. The van der Waals surface area contributed by atoms with E-state index < -0.39 is 13.0 Å². The predicted molar refractivity (Wildman–Crippen MR) is 121 cm³/mol. The van der Waals surface area contributed by atoms with Crippen LogP contribution >= 0.6 is 0 Å². The lowest BCUT2D eigenvalue weighted by Crippen LogP contribution is -2.45. The molecule has 1 aliphatic rings. The van der Waals surface area contributed by atoms with Crippen LogP contribution in [0.15, 0.2) is 54.9 Å². The van der Waals surface area contributed by atoms with Crippen molar-refractivity contribution in [2.75, 3.05) is 23.5 Å². The van der Waals surface area contributed by atoms with Crippen LogP contribution in [-0.4, -0.2) is 45.9 Å². The van der Waals surface area contributed by atoms with Gasteiger partial charge in [0.1, 0.15) is 11.4 Å². The summed E-state index contributed by atoms with van der Waals surface area (Å²) in [5.41, 5.74) is 2.48. The molecule has 5 rings (SSSR count). The average Bonchev–Trinajstić information content (AvgIpc) is 3.21. The first-order valence-electron chi connectivity index (χ1n) is 10.4. The highest BCUT2D eigenvalue weighted by molar-refractivity contribution is 6.10. The number of carbonyl (C=O) groups is 1. The highest BCUT2D eigenvalue weighted by Gasteiger charge is 2.35. The van der Waals surface area contributed by atoms with Gasteiger partial charge < -0.3 is 9.47 Å². The van der Waals surface area contributed by atoms with E-state index in [1.807, 2.05) is 31.4 Å². The van der Waals surface area contributed by atoms with E-state index in [1.165, 1.54) is 11.1 Å². The number of nitrogens with zero attached hydrogens (tertiary/aromatic N) is 6. The molecule has 0 saturated carbocycles. The van der Waals surface area contributed by atoms with Crippen molar-refractivity contribution < 1.29 is 23.0 Å². The number of benzene rings is 2. The number of carbonyl (C=O) groups excluding carboxylic acids is 1. The number of halogens is 2. The Hall–Kier alpha value is -4.28. The summed E-state index contributed by atoms with van der Waals surface area (Å²) in [4.78, 5) is 25.4. The smallest absolute Gasteiger partial charge is 0.335 e. The minimum Gasteiger partial charge on any atom is -0.497 e. The number of aryl methyl sites for hydroxylation is 1. The molecule has 9 nitrogen and oxygen atoms in total. The molecule has 1 aliphatic heterocycles. The Balaban J connectivity index is 1.58. The van der Waals surface area contributed by atoms with E-state index in [0.29, 0.717) is 22.8 Å². The maximum Gasteiger partial charge on any atom is 0.335 e. The fraction of sp³-hybridized carbons (Fsp3) is 0.217. The van der Waals surface area contributed by atoms with Crippen LogP contribution in [0.4, 0.5) is 30.8 Å². The van der Waals surface area contributed by atoms with Gasteiger partial charge >= 0.3 is 6.03 Å². The van der Waals surface area contributed by atoms with Gasteiger partial charge in [-0.3, -0.25) is 9.58 Å². The van der Waals surface area contributed by atoms with Crippen LogP contribution in [-0.2, 0) is 13.6 Å². The Morgan fingerprint density at radius 1 is 1.12 bits per heavy atom. The van der Waals surface area contributed by atoms with Gasteiger partial charge in [0.15, 0.2) is 12.4 Å². The quantitative estimate of drug-likeness (QED) is 0.421. The van der Waals surface area contributed by atoms with E-state index in [2.05, 4.69) is 15.1 Å². The zero-order chi connectivity index (χ0) is 23.8. The second-order valence-electron chi connectivity index (χ2n) is 7.63. The molecule has 0 atom stereocenters. The van der Waals surface area contributed by atoms with Crippen LogP contribution in [0.3, 0.4) is 0 Å². The summed E-state index contributed by atoms with van der Waals surface area (Å²) in [6, 6.07) is 12.0. The third-order valence-corrected chi connectivity index (χ3v) is 5.35. The van der Waals surface area contributed by atoms with Gasteiger partial charge in [0, 0.05) is 24.3 Å². The number of hydrogen-bond acceptors (Lipinski definition) is 6. The van der Waals surface area contributed by atoms with E-state index in [9.17, 15) is 13.6 Å². The number of fused-ring (bicyclic) bond motifs is 2. The van der Waals surface area contributed by atoms with Crippen molar-refractivity contribution in [3.8, 4) is 11.6 Å². The number of rotatable bonds is 6. The van der Waals surface area contributed by atoms with E-state index in [-0.39, 0.29) is 24.3 Å². The lowest BCUT2D eigenvalue weighted by atomic mass is 10.1. The number of alkyl halides is 2. The molecule has 0 saturated heterocycles. The third kappa shape index (κ3) is 3.96. The lowest BCUT2D eigenvalue weighted by Gasteiger charge is -2.35. The first-order chi connectivity index (χ1) is 16.4. The van der Waals surface area contributed by atoms with Crippen molar-refractivity contribution in [3.63, 3.8) is 0 Å². The van der Waals surface area contributed by atoms with E-state index in [0.717, 1.165) is 10.9 Å². The summed E-state index contributed by atoms with van der Waals surface area (Å²) < 4.78 is 37.2. The first kappa shape index (κ1) is 21.6. The van der Waals surface area contributed by atoms with Gasteiger partial charge in [-0.25, -0.2) is 23.5 Å². The first-order valence-corrected chi connectivity index (χ1v) is 10.4. The minimum atomic E-state index is -2.66. The zero-order valence-corrected chi connectivity index (χ0v) is 18.4. The van der Waals surface area contributed by atoms with Gasteiger partial charge in [-0.2, -0.15) is 10.1 Å². The summed E-state index contributed by atoms with van der Waals surface area (Å²) in [5.74, 6) is 0.753. The zero-order valence-electron chi connectivity index (χ0n) is 18.4. The summed E-state index contributed by atoms with van der Waals surface area (Å²) in [7, 11) is 3.38. The summed E-state index contributed by atoms with van der Waals surface area (Å²) in [6.45, 7) is -0.671. The molecule has 0 aliphatic carbocycles. The molecule has 0 spiro atoms. The number of aromatic nitrogens is 4. The van der Waals surface area contributed by atoms with Crippen LogP contribution in [0.2, 0.25) is 0 Å². The number of methoxy groups -OCH3 is 1. The molecule has 0 unspecified atom stereocenters. The van der Waals surface area contributed by atoms with Crippen LogP contribution in [0, 0.1) is 0 Å². The summed E-state index contributed by atoms with van der Waals surface area (Å²) >= 11 is 0. The Morgan fingerprint density at radius 2 is 1.88 bits per heavy atom. The van der Waals surface area contributed by atoms with Crippen molar-refractivity contribution in [2.45, 2.75) is 13.0 Å². The molecule has 34 heavy (non-hydrogen) atoms. The molecule has 2 amide bonds. The van der Waals surface area contributed by atoms with Crippen molar-refractivity contribution in [2.24, 2.45) is 7.05 Å². The van der Waals surface area contributed by atoms with Gasteiger partial charge in [0.2, 0.25) is 5.88 Å². The highest BCUT2D eigenvalue weighted by Crippen LogP contribution is 2.37. The Kier molecular flexibility index (Phi) is 5.44. The van der Waals surface area contributed by atoms with E-state index >= 15 is 0 Å². The molecule has 0 N–H and O–H groups in total. The fourth-order valence-corrected chi connectivity index (χ4v) is 3.80. The molecule has 0 fully saturated rings. The van der Waals surface area contributed by atoms with Gasteiger partial charge in [0.05, 0.1) is 31.1 Å². The normalized spacial score (nSPS) is 13.5. The van der Waals surface area contributed by atoms with Crippen molar-refractivity contribution >= 4 is 34.1 Å². The third-order valence-electron chi connectivity index (χ3n) is 5.35. The molecule has 174 valence electrons. The molecule has 0 bridgehead atoms. The minimum absolute atomic E-state index is 0.0874. The second-order valence-corrected chi connectivity index (χ2v) is 7.63. The lowest BCUT2D eigenvalue weighted by molar-refractivity contribution is 0.0794. The molecular weight excluding hydrogens is 446 g/mol. The molecule has 0 radical (unpaired) electrons. The van der Waals surface area contributed by atoms with Crippen LogP contribution in [0.25, 0.3) is 10.9 Å². The highest BCUT2D eigenvalue weighted by atomic mass is 19.3. The van der Waals surface area contributed by atoms with Crippen LogP contribution in [0.1, 0.15) is 5.69 Å². The Morgan fingerprint density at radius 3 is 2.62 bits per heavy atom. The van der Waals surface area contributed by atoms with Crippen molar-refractivity contribution in [1.82, 2.24) is 19.7 Å². The molecule has 11 heteroatoms. The van der Waals surface area contributed by atoms with Gasteiger partial charge in [-0.15, -0.1) is 0 Å². The number of hydrogen-bond donors (Lipinski definition) is 0. The Bertz CT molecular complexity index is 1360. The monoisotopic (exact) mass is 466 g/mol. The topological polar surface area (TPSA) is 85.6 Å². The molecule has 2 aromatic carbocycles. The maximum absolute atomic E-state index is 13.7. The van der Waals surface area contributed by atoms with Gasteiger partial charge in [-0.1, -0.05) is 0 Å². The van der Waals surface area contributed by atoms with Crippen LogP contribution in [0.5, 0.6) is 11.6 Å². The second kappa shape index (κ2) is 8.58. The van der Waals surface area contributed by atoms with Crippen molar-refractivity contribution in [3.05, 3.63) is 60.6 Å². The molecular formula is C23H20F2N6O3. The number of ether oxygens (including phenoxy) is 2. The van der Waals surface area contributed by atoms with Crippen molar-refractivity contribution in [1.29, 1.82) is 0 Å². The molecule has 4 aromatic rings. The average molecular weight is 466 g/mol. The summed E-state index contributed by atoms with van der Waals surface area (Å²) in [6.07, 6.45) is 0.496. The van der Waals surface area contributed by atoms with E-state index in [1.54, 1.807) is 41.0 Å². The van der Waals surface area contributed by atoms with Crippen LogP contribution < -0.4 is 19.3 Å². The Labute approximate surface area is 193 Å². The number of anilines is 3. The molecule has 3 heterocycles. The fourth-order valence-electron chi connectivity index (χ4n) is 3.80. The van der Waals surface area contributed by atoms with Gasteiger partial charge in [-0.05, 0) is 42.5 Å². The number of urea groups is 1. The maximum atomic E-state index is 13.7. The number of amides is 2. The SMILES string of the molecule is COc1ccc(N2C(=O)N(c3ccc4nn(C)cc4c3)Cc3ncc(OCC(F)F)nc32)cc1. The predicted octanol–water partition coefficient (Wildman–Crippen LogP) is 4.29. The van der Waals surface area contributed by atoms with E-state index in [4.69, 9.17) is 9.47 Å². The van der Waals surface area contributed by atoms with Gasteiger partial charge in [0.25, 0.3) is 6.43 Å².